The third-order valence-corrected chi connectivity index (χ3v) is 5.15. The van der Waals surface area contributed by atoms with E-state index < -0.39 is 11.6 Å². The Balaban J connectivity index is 2.16. The van der Waals surface area contributed by atoms with E-state index in [0.29, 0.717) is 17.7 Å². The lowest BCUT2D eigenvalue weighted by molar-refractivity contribution is 0.584. The van der Waals surface area contributed by atoms with Crippen molar-refractivity contribution in [2.45, 2.75) is 40.0 Å². The first-order valence-corrected chi connectivity index (χ1v) is 9.88. The fourth-order valence-corrected chi connectivity index (χ4v) is 4.38. The fraction of sp³-hybridized carbons (Fsp3) is 0.318. The number of halogens is 3. The Kier molecular flexibility index (Phi) is 5.80. The number of benzene rings is 2. The molecule has 0 saturated heterocycles. The maximum Gasteiger partial charge on any atom is 0.147 e. The smallest absolute Gasteiger partial charge is 0.147 e. The van der Waals surface area contributed by atoms with E-state index in [2.05, 4.69) is 54.7 Å². The number of aromatic nitrogens is 2. The molecule has 2 aromatic carbocycles. The summed E-state index contributed by atoms with van der Waals surface area (Å²) in [5.74, 6) is 0.132. The molecule has 1 heterocycles. The number of hydrogen-bond donors (Lipinski definition) is 0. The van der Waals surface area contributed by atoms with Crippen molar-refractivity contribution in [1.29, 1.82) is 0 Å². The van der Waals surface area contributed by atoms with Gasteiger partial charge in [-0.25, -0.2) is 13.8 Å². The zero-order valence-electron chi connectivity index (χ0n) is 15.9. The maximum absolute atomic E-state index is 14.3. The molecule has 27 heavy (non-hydrogen) atoms. The second-order valence-electron chi connectivity index (χ2n) is 7.50. The molecule has 142 valence electrons. The Bertz CT molecular complexity index is 961. The van der Waals surface area contributed by atoms with Crippen LogP contribution in [0.4, 0.5) is 8.78 Å². The molecule has 0 spiro atoms. The van der Waals surface area contributed by atoms with Crippen molar-refractivity contribution in [3.8, 4) is 17.1 Å². The van der Waals surface area contributed by atoms with Gasteiger partial charge in [0.15, 0.2) is 0 Å². The van der Waals surface area contributed by atoms with Gasteiger partial charge in [-0.05, 0) is 53.6 Å². The molecule has 1 aromatic heterocycles. The van der Waals surface area contributed by atoms with Crippen molar-refractivity contribution in [1.82, 2.24) is 9.55 Å². The first-order valence-electron chi connectivity index (χ1n) is 9.09. The van der Waals surface area contributed by atoms with E-state index in [1.807, 2.05) is 10.6 Å². The zero-order chi connectivity index (χ0) is 19.7. The molecule has 0 N–H and O–H groups in total. The molecule has 0 aliphatic carbocycles. The molecule has 3 aromatic rings. The maximum atomic E-state index is 14.3. The van der Waals surface area contributed by atoms with Gasteiger partial charge < -0.3 is 0 Å². The molecule has 0 saturated carbocycles. The van der Waals surface area contributed by atoms with Crippen LogP contribution >= 0.6 is 15.9 Å². The number of nitrogens with zero attached hydrogens (tertiary/aromatic N) is 2. The molecule has 0 unspecified atom stereocenters. The van der Waals surface area contributed by atoms with Crippen LogP contribution in [-0.4, -0.2) is 9.55 Å². The summed E-state index contributed by atoms with van der Waals surface area (Å²) >= 11 is 3.72. The Morgan fingerprint density at radius 3 is 2.44 bits per heavy atom. The Morgan fingerprint density at radius 1 is 1.07 bits per heavy atom. The Morgan fingerprint density at radius 2 is 1.81 bits per heavy atom. The summed E-state index contributed by atoms with van der Waals surface area (Å²) in [7, 11) is 0. The number of rotatable bonds is 5. The number of imidazole rings is 1. The third-order valence-electron chi connectivity index (χ3n) is 4.50. The highest BCUT2D eigenvalue weighted by Crippen LogP contribution is 2.34. The molecule has 0 atom stereocenters. The van der Waals surface area contributed by atoms with Gasteiger partial charge in [0, 0.05) is 28.6 Å². The first-order chi connectivity index (χ1) is 12.8. The summed E-state index contributed by atoms with van der Waals surface area (Å²) in [5, 5.41) is 0. The van der Waals surface area contributed by atoms with Crippen LogP contribution < -0.4 is 0 Å². The Labute approximate surface area is 167 Å². The van der Waals surface area contributed by atoms with Crippen LogP contribution in [0, 0.1) is 17.6 Å². The van der Waals surface area contributed by atoms with E-state index in [4.69, 9.17) is 0 Å². The van der Waals surface area contributed by atoms with Gasteiger partial charge in [0.2, 0.25) is 0 Å². The zero-order valence-corrected chi connectivity index (χ0v) is 17.5. The van der Waals surface area contributed by atoms with Crippen LogP contribution in [0.25, 0.3) is 17.1 Å². The van der Waals surface area contributed by atoms with Gasteiger partial charge in [-0.1, -0.05) is 43.6 Å². The third kappa shape index (κ3) is 4.13. The minimum Gasteiger partial charge on any atom is -0.300 e. The molecule has 0 fully saturated rings. The molecule has 0 radical (unpaired) electrons. The summed E-state index contributed by atoms with van der Waals surface area (Å²) in [6.45, 7) is 8.75. The summed E-state index contributed by atoms with van der Waals surface area (Å²) in [5.41, 5.74) is 3.74. The summed E-state index contributed by atoms with van der Waals surface area (Å²) < 4.78 is 30.5. The molecular weight excluding hydrogens is 410 g/mol. The number of hydrogen-bond acceptors (Lipinski definition) is 1. The quantitative estimate of drug-likeness (QED) is 0.428. The SMILES string of the molecule is CC(C)Cc1cc(-n2ccnc2-c2ccc(F)cc2F)cc(Br)c1C(C)C. The van der Waals surface area contributed by atoms with E-state index in [9.17, 15) is 8.78 Å². The highest BCUT2D eigenvalue weighted by atomic mass is 79.9. The van der Waals surface area contributed by atoms with E-state index in [0.717, 1.165) is 22.6 Å². The van der Waals surface area contributed by atoms with E-state index in [-0.39, 0.29) is 5.56 Å². The van der Waals surface area contributed by atoms with Gasteiger partial charge in [0.25, 0.3) is 0 Å². The minimum absolute atomic E-state index is 0.274. The monoisotopic (exact) mass is 432 g/mol. The van der Waals surface area contributed by atoms with Crippen molar-refractivity contribution in [2.24, 2.45) is 5.92 Å². The second-order valence-corrected chi connectivity index (χ2v) is 8.35. The van der Waals surface area contributed by atoms with E-state index >= 15 is 0 Å². The fourth-order valence-electron chi connectivity index (χ4n) is 3.44. The first kappa shape index (κ1) is 19.7. The van der Waals surface area contributed by atoms with E-state index in [1.54, 1.807) is 12.4 Å². The summed E-state index contributed by atoms with van der Waals surface area (Å²) in [6.07, 6.45) is 4.38. The highest BCUT2D eigenvalue weighted by Gasteiger charge is 2.17. The van der Waals surface area contributed by atoms with Crippen molar-refractivity contribution in [3.63, 3.8) is 0 Å². The Hall–Kier alpha value is -2.01. The minimum atomic E-state index is -0.622. The molecule has 0 aliphatic rings. The van der Waals surface area contributed by atoms with Crippen molar-refractivity contribution >= 4 is 15.9 Å². The molecule has 2 nitrogen and oxygen atoms in total. The standard InChI is InChI=1S/C22H23BrF2N2/c1-13(2)9-15-10-17(12-19(23)21(15)14(3)4)27-8-7-26-22(27)18-6-5-16(24)11-20(18)25/h5-8,10-14H,9H2,1-4H3. The molecule has 0 bridgehead atoms. The lowest BCUT2D eigenvalue weighted by Gasteiger charge is -2.19. The van der Waals surface area contributed by atoms with Gasteiger partial charge >= 0.3 is 0 Å². The van der Waals surface area contributed by atoms with Crippen molar-refractivity contribution in [2.75, 3.05) is 0 Å². The predicted molar refractivity (Wildman–Crippen MR) is 109 cm³/mol. The van der Waals surface area contributed by atoms with Gasteiger partial charge in [-0.2, -0.15) is 0 Å². The highest BCUT2D eigenvalue weighted by molar-refractivity contribution is 9.10. The van der Waals surface area contributed by atoms with Crippen LogP contribution in [0.15, 0.2) is 47.2 Å². The van der Waals surface area contributed by atoms with Crippen molar-refractivity contribution < 1.29 is 8.78 Å². The van der Waals surface area contributed by atoms with Gasteiger partial charge in [-0.15, -0.1) is 0 Å². The van der Waals surface area contributed by atoms with E-state index in [1.165, 1.54) is 23.3 Å². The summed E-state index contributed by atoms with van der Waals surface area (Å²) in [4.78, 5) is 4.32. The van der Waals surface area contributed by atoms with Crippen LogP contribution in [-0.2, 0) is 6.42 Å². The average molecular weight is 433 g/mol. The predicted octanol–water partition coefficient (Wildman–Crippen LogP) is 6.90. The molecule has 0 amide bonds. The van der Waals surface area contributed by atoms with Gasteiger partial charge in [-0.3, -0.25) is 4.57 Å². The molecular formula is C22H23BrF2N2. The topological polar surface area (TPSA) is 17.8 Å². The molecule has 3 rings (SSSR count). The lowest BCUT2D eigenvalue weighted by atomic mass is 9.91. The lowest BCUT2D eigenvalue weighted by Crippen LogP contribution is -2.06. The van der Waals surface area contributed by atoms with Crippen LogP contribution in [0.5, 0.6) is 0 Å². The van der Waals surface area contributed by atoms with Crippen LogP contribution in [0.2, 0.25) is 0 Å². The van der Waals surface area contributed by atoms with Gasteiger partial charge in [0.1, 0.15) is 17.5 Å². The van der Waals surface area contributed by atoms with Crippen LogP contribution in [0.1, 0.15) is 44.7 Å². The average Bonchev–Trinajstić information content (AvgIpc) is 3.02. The van der Waals surface area contributed by atoms with Gasteiger partial charge in [0.05, 0.1) is 5.56 Å². The molecule has 0 aliphatic heterocycles. The normalized spacial score (nSPS) is 11.6. The van der Waals surface area contributed by atoms with Crippen LogP contribution in [0.3, 0.4) is 0 Å². The molecule has 5 heteroatoms. The second kappa shape index (κ2) is 7.93. The largest absolute Gasteiger partial charge is 0.300 e. The van der Waals surface area contributed by atoms with Crippen molar-refractivity contribution in [3.05, 3.63) is 70.0 Å². The summed E-state index contributed by atoms with van der Waals surface area (Å²) in [6, 6.07) is 7.74.